The van der Waals surface area contributed by atoms with Crippen LogP contribution in [0, 0.1) is 20.8 Å². The lowest BCUT2D eigenvalue weighted by Gasteiger charge is -2.13. The molecule has 0 saturated heterocycles. The number of Topliss-reactive ketones (excluding diaryl/α,β-unsaturated/α-hetero) is 1. The molecule has 0 unspecified atom stereocenters. The average Bonchev–Trinajstić information content (AvgIpc) is 3.31. The number of aromatic nitrogens is 5. The maximum Gasteiger partial charge on any atom is 0.196 e. The van der Waals surface area contributed by atoms with Crippen molar-refractivity contribution in [3.8, 4) is 17.1 Å². The van der Waals surface area contributed by atoms with Crippen molar-refractivity contribution < 1.29 is 4.79 Å². The van der Waals surface area contributed by atoms with Crippen molar-refractivity contribution in [2.45, 2.75) is 25.9 Å². The Bertz CT molecular complexity index is 1260. The Balaban J connectivity index is 1.73. The van der Waals surface area contributed by atoms with Gasteiger partial charge in [-0.2, -0.15) is 0 Å². The van der Waals surface area contributed by atoms with Crippen LogP contribution in [-0.2, 0) is 7.05 Å². The summed E-state index contributed by atoms with van der Waals surface area (Å²) >= 11 is 7.77. The van der Waals surface area contributed by atoms with Crippen LogP contribution in [0.15, 0.2) is 53.9 Å². The van der Waals surface area contributed by atoms with Crippen molar-refractivity contribution >= 4 is 29.1 Å². The number of benzene rings is 1. The minimum atomic E-state index is 0.0639. The molecule has 0 aliphatic carbocycles. The topological polar surface area (TPSA) is 65.6 Å². The van der Waals surface area contributed by atoms with E-state index in [2.05, 4.69) is 15.2 Å². The molecule has 3 heterocycles. The SMILES string of the molecule is Cc1c(Cl)cccc1-n1c(SCC(=O)c2cc(C)n(C)c2C)nnc1-c1ccncc1. The number of hydrogen-bond acceptors (Lipinski definition) is 5. The molecule has 0 aliphatic rings. The molecule has 6 nitrogen and oxygen atoms in total. The molecule has 0 saturated carbocycles. The highest BCUT2D eigenvalue weighted by atomic mass is 35.5. The van der Waals surface area contributed by atoms with E-state index in [0.29, 0.717) is 16.0 Å². The van der Waals surface area contributed by atoms with Crippen LogP contribution in [0.25, 0.3) is 17.1 Å². The van der Waals surface area contributed by atoms with Gasteiger partial charge in [-0.3, -0.25) is 14.3 Å². The van der Waals surface area contributed by atoms with Gasteiger partial charge < -0.3 is 4.57 Å². The largest absolute Gasteiger partial charge is 0.351 e. The second kappa shape index (κ2) is 8.69. The third-order valence-electron chi connectivity index (χ3n) is 5.46. The first-order valence-corrected chi connectivity index (χ1v) is 11.1. The van der Waals surface area contributed by atoms with Gasteiger partial charge in [0.1, 0.15) is 0 Å². The smallest absolute Gasteiger partial charge is 0.196 e. The highest BCUT2D eigenvalue weighted by Gasteiger charge is 2.21. The predicted molar refractivity (Wildman–Crippen MR) is 124 cm³/mol. The van der Waals surface area contributed by atoms with E-state index in [1.165, 1.54) is 11.8 Å². The third kappa shape index (κ3) is 4.03. The van der Waals surface area contributed by atoms with Gasteiger partial charge in [-0.15, -0.1) is 10.2 Å². The van der Waals surface area contributed by atoms with Crippen LogP contribution in [0.1, 0.15) is 27.3 Å². The number of halogens is 1. The summed E-state index contributed by atoms with van der Waals surface area (Å²) in [6.07, 6.45) is 3.44. The number of ketones is 1. The van der Waals surface area contributed by atoms with Gasteiger partial charge in [0.2, 0.25) is 0 Å². The van der Waals surface area contributed by atoms with E-state index in [-0.39, 0.29) is 11.5 Å². The second-order valence-corrected chi connectivity index (χ2v) is 8.67. The van der Waals surface area contributed by atoms with Crippen LogP contribution in [0.2, 0.25) is 5.02 Å². The quantitative estimate of drug-likeness (QED) is 0.297. The molecule has 8 heteroatoms. The fourth-order valence-electron chi connectivity index (χ4n) is 3.45. The second-order valence-electron chi connectivity index (χ2n) is 7.32. The molecule has 31 heavy (non-hydrogen) atoms. The molecular weight excluding hydrogens is 430 g/mol. The van der Waals surface area contributed by atoms with Crippen molar-refractivity contribution in [1.29, 1.82) is 0 Å². The summed E-state index contributed by atoms with van der Waals surface area (Å²) in [7, 11) is 1.97. The molecule has 0 N–H and O–H groups in total. The predicted octanol–water partition coefficient (Wildman–Crippen LogP) is 5.22. The number of thioether (sulfide) groups is 1. The fraction of sp³-hybridized carbons (Fsp3) is 0.217. The van der Waals surface area contributed by atoms with Gasteiger partial charge in [-0.25, -0.2) is 0 Å². The van der Waals surface area contributed by atoms with E-state index in [0.717, 1.165) is 33.8 Å². The highest BCUT2D eigenvalue weighted by molar-refractivity contribution is 7.99. The first-order chi connectivity index (χ1) is 14.9. The van der Waals surface area contributed by atoms with Crippen LogP contribution in [0.5, 0.6) is 0 Å². The molecule has 1 aromatic carbocycles. The Kier molecular flexibility index (Phi) is 5.98. The zero-order chi connectivity index (χ0) is 22.1. The Labute approximate surface area is 190 Å². The van der Waals surface area contributed by atoms with Crippen molar-refractivity contribution in [2.24, 2.45) is 7.05 Å². The van der Waals surface area contributed by atoms with E-state index in [1.54, 1.807) is 12.4 Å². The van der Waals surface area contributed by atoms with E-state index in [1.807, 2.05) is 73.4 Å². The van der Waals surface area contributed by atoms with Gasteiger partial charge >= 0.3 is 0 Å². The van der Waals surface area contributed by atoms with Crippen molar-refractivity contribution in [1.82, 2.24) is 24.3 Å². The van der Waals surface area contributed by atoms with E-state index < -0.39 is 0 Å². The van der Waals surface area contributed by atoms with Crippen LogP contribution in [0.3, 0.4) is 0 Å². The molecule has 3 aromatic heterocycles. The summed E-state index contributed by atoms with van der Waals surface area (Å²) in [6.45, 7) is 5.92. The number of nitrogens with zero attached hydrogens (tertiary/aromatic N) is 5. The molecule has 0 fully saturated rings. The summed E-state index contributed by atoms with van der Waals surface area (Å²) in [5.74, 6) is 1.00. The summed E-state index contributed by atoms with van der Waals surface area (Å²) in [5.41, 5.74) is 5.45. The van der Waals surface area contributed by atoms with Crippen molar-refractivity contribution in [3.63, 3.8) is 0 Å². The molecule has 4 aromatic rings. The number of rotatable bonds is 6. The first kappa shape index (κ1) is 21.3. The summed E-state index contributed by atoms with van der Waals surface area (Å²) < 4.78 is 3.98. The third-order valence-corrected chi connectivity index (χ3v) is 6.80. The van der Waals surface area contributed by atoms with Gasteiger partial charge in [0.15, 0.2) is 16.8 Å². The fourth-order valence-corrected chi connectivity index (χ4v) is 4.45. The molecular formula is C23H22ClN5OS. The van der Waals surface area contributed by atoms with Gasteiger partial charge in [0.05, 0.1) is 11.4 Å². The van der Waals surface area contributed by atoms with E-state index in [4.69, 9.17) is 11.6 Å². The Morgan fingerprint density at radius 1 is 1.10 bits per heavy atom. The van der Waals surface area contributed by atoms with E-state index >= 15 is 0 Å². The van der Waals surface area contributed by atoms with Crippen LogP contribution < -0.4 is 0 Å². The minimum Gasteiger partial charge on any atom is -0.351 e. The number of carbonyl (C=O) groups is 1. The normalized spacial score (nSPS) is 11.1. The lowest BCUT2D eigenvalue weighted by molar-refractivity contribution is 0.102. The number of hydrogen-bond donors (Lipinski definition) is 0. The standard InChI is InChI=1S/C23H22ClN5OS/c1-14-12-18(16(3)28(14)4)21(30)13-31-23-27-26-22(17-8-10-25-11-9-17)29(23)20-7-5-6-19(24)15(20)2/h5-12H,13H2,1-4H3. The van der Waals surface area contributed by atoms with Crippen molar-refractivity contribution in [2.75, 3.05) is 5.75 Å². The molecule has 0 aliphatic heterocycles. The zero-order valence-electron chi connectivity index (χ0n) is 17.8. The lowest BCUT2D eigenvalue weighted by atomic mass is 10.2. The molecule has 0 radical (unpaired) electrons. The minimum absolute atomic E-state index is 0.0639. The average molecular weight is 452 g/mol. The highest BCUT2D eigenvalue weighted by Crippen LogP contribution is 2.32. The van der Waals surface area contributed by atoms with E-state index in [9.17, 15) is 4.79 Å². The maximum absolute atomic E-state index is 12.9. The number of carbonyl (C=O) groups excluding carboxylic acids is 1. The lowest BCUT2D eigenvalue weighted by Crippen LogP contribution is -2.07. The molecule has 4 rings (SSSR count). The molecule has 0 bridgehead atoms. The van der Waals surface area contributed by atoms with Crippen molar-refractivity contribution in [3.05, 3.63) is 76.3 Å². The van der Waals surface area contributed by atoms with Gasteiger partial charge in [0, 0.05) is 47.0 Å². The zero-order valence-corrected chi connectivity index (χ0v) is 19.3. The summed E-state index contributed by atoms with van der Waals surface area (Å²) in [4.78, 5) is 17.0. The molecule has 0 atom stereocenters. The summed E-state index contributed by atoms with van der Waals surface area (Å²) in [5, 5.41) is 10.1. The molecule has 158 valence electrons. The molecule has 0 spiro atoms. The van der Waals surface area contributed by atoms with Gasteiger partial charge in [-0.05, 0) is 56.7 Å². The van der Waals surface area contributed by atoms with Gasteiger partial charge in [-0.1, -0.05) is 29.4 Å². The van der Waals surface area contributed by atoms with Crippen LogP contribution >= 0.6 is 23.4 Å². The van der Waals surface area contributed by atoms with Crippen LogP contribution in [0.4, 0.5) is 0 Å². The van der Waals surface area contributed by atoms with Gasteiger partial charge in [0.25, 0.3) is 0 Å². The number of pyridine rings is 1. The Morgan fingerprint density at radius 2 is 1.84 bits per heavy atom. The first-order valence-electron chi connectivity index (χ1n) is 9.78. The Hall–Kier alpha value is -2.90. The summed E-state index contributed by atoms with van der Waals surface area (Å²) in [6, 6.07) is 11.4. The number of aryl methyl sites for hydroxylation is 1. The van der Waals surface area contributed by atoms with Crippen LogP contribution in [-0.4, -0.2) is 35.9 Å². The monoisotopic (exact) mass is 451 g/mol. The maximum atomic E-state index is 12.9. The molecule has 0 amide bonds. The Morgan fingerprint density at radius 3 is 2.52 bits per heavy atom.